The number of rotatable bonds is 0. The van der Waals surface area contributed by atoms with Crippen molar-refractivity contribution in [1.82, 2.24) is 0 Å². The molecule has 0 aromatic heterocycles. The first-order chi connectivity index (χ1) is 5.27. The molecule has 1 amide bonds. The summed E-state index contributed by atoms with van der Waals surface area (Å²) in [6.07, 6.45) is 0. The van der Waals surface area contributed by atoms with Crippen LogP contribution >= 0.6 is 0 Å². The van der Waals surface area contributed by atoms with Gasteiger partial charge in [0.05, 0.1) is 0 Å². The molecule has 3 heteroatoms. The van der Waals surface area contributed by atoms with Gasteiger partial charge in [0.1, 0.15) is 0 Å². The van der Waals surface area contributed by atoms with Crippen molar-refractivity contribution < 1.29 is 4.79 Å². The monoisotopic (exact) mass is 151 g/mol. The SMILES string of the molecule is CC(=O)N=O.c1ccccc1. The highest BCUT2D eigenvalue weighted by Crippen LogP contribution is 1.79. The number of hydrogen-bond donors (Lipinski definition) is 0. The van der Waals surface area contributed by atoms with Crippen molar-refractivity contribution in [3.05, 3.63) is 41.3 Å². The third kappa shape index (κ3) is 8.49. The van der Waals surface area contributed by atoms with Crippen LogP contribution in [-0.4, -0.2) is 5.91 Å². The third-order valence-electron chi connectivity index (χ3n) is 0.795. The van der Waals surface area contributed by atoms with E-state index in [1.54, 1.807) is 0 Å². The Hall–Kier alpha value is -1.51. The quantitative estimate of drug-likeness (QED) is 0.532. The minimum Gasteiger partial charge on any atom is -0.269 e. The van der Waals surface area contributed by atoms with Crippen molar-refractivity contribution in [3.8, 4) is 0 Å². The van der Waals surface area contributed by atoms with Crippen molar-refractivity contribution in [2.75, 3.05) is 0 Å². The molecule has 1 aromatic carbocycles. The zero-order valence-corrected chi connectivity index (χ0v) is 6.23. The summed E-state index contributed by atoms with van der Waals surface area (Å²) in [6, 6.07) is 12.0. The average molecular weight is 151 g/mol. The highest BCUT2D eigenvalue weighted by molar-refractivity contribution is 5.73. The topological polar surface area (TPSA) is 46.5 Å². The van der Waals surface area contributed by atoms with Crippen LogP contribution < -0.4 is 0 Å². The van der Waals surface area contributed by atoms with Crippen LogP contribution in [0.2, 0.25) is 0 Å². The Labute approximate surface area is 65.0 Å². The minimum atomic E-state index is -0.676. The molecule has 0 heterocycles. The van der Waals surface area contributed by atoms with Gasteiger partial charge in [0.2, 0.25) is 0 Å². The van der Waals surface area contributed by atoms with E-state index in [4.69, 9.17) is 4.91 Å². The van der Waals surface area contributed by atoms with Gasteiger partial charge in [-0.15, -0.1) is 4.91 Å². The van der Waals surface area contributed by atoms with Crippen molar-refractivity contribution >= 4 is 5.91 Å². The normalized spacial score (nSPS) is 7.36. The van der Waals surface area contributed by atoms with Crippen LogP contribution in [0.1, 0.15) is 6.92 Å². The van der Waals surface area contributed by atoms with Crippen molar-refractivity contribution in [2.24, 2.45) is 5.18 Å². The summed E-state index contributed by atoms with van der Waals surface area (Å²) in [5.41, 5.74) is 0. The van der Waals surface area contributed by atoms with E-state index < -0.39 is 5.91 Å². The van der Waals surface area contributed by atoms with E-state index in [1.165, 1.54) is 0 Å². The fourth-order valence-corrected chi connectivity index (χ4v) is 0.385. The molecule has 0 saturated heterocycles. The number of nitrogens with zero attached hydrogens (tertiary/aromatic N) is 1. The van der Waals surface area contributed by atoms with E-state index in [-0.39, 0.29) is 0 Å². The lowest BCUT2D eigenvalue weighted by Gasteiger charge is -1.69. The highest BCUT2D eigenvalue weighted by Gasteiger charge is 1.77. The highest BCUT2D eigenvalue weighted by atomic mass is 16.3. The molecule has 1 rings (SSSR count). The predicted octanol–water partition coefficient (Wildman–Crippen LogP) is 1.99. The Bertz CT molecular complexity index is 182. The summed E-state index contributed by atoms with van der Waals surface area (Å²) in [4.78, 5) is 18.2. The number of carbonyl (C=O) groups is 1. The lowest BCUT2D eigenvalue weighted by Crippen LogP contribution is -1.74. The van der Waals surface area contributed by atoms with Gasteiger partial charge in [-0.3, -0.25) is 4.79 Å². The molecule has 0 aliphatic heterocycles. The fraction of sp³-hybridized carbons (Fsp3) is 0.125. The zero-order chi connectivity index (χ0) is 8.53. The second-order valence-corrected chi connectivity index (χ2v) is 1.77. The summed E-state index contributed by atoms with van der Waals surface area (Å²) in [5.74, 6) is -0.676. The Balaban J connectivity index is 0.000000187. The van der Waals surface area contributed by atoms with E-state index >= 15 is 0 Å². The molecule has 0 N–H and O–H groups in total. The third-order valence-corrected chi connectivity index (χ3v) is 0.795. The molecule has 0 atom stereocenters. The molecule has 0 saturated carbocycles. The number of hydrogen-bond acceptors (Lipinski definition) is 2. The van der Waals surface area contributed by atoms with Crippen LogP contribution in [0.5, 0.6) is 0 Å². The van der Waals surface area contributed by atoms with Crippen LogP contribution in [0.15, 0.2) is 41.6 Å². The smallest absolute Gasteiger partial charge is 0.269 e. The standard InChI is InChI=1S/C6H6.C2H3NO2/c1-2-4-6-5-3-1;1-2(4)3-5/h1-6H;1H3. The number of benzene rings is 1. The summed E-state index contributed by atoms with van der Waals surface area (Å²) in [6.45, 7) is 1.10. The zero-order valence-electron chi connectivity index (χ0n) is 6.23. The van der Waals surface area contributed by atoms with Gasteiger partial charge in [-0.05, 0) is 0 Å². The van der Waals surface area contributed by atoms with Gasteiger partial charge in [0.25, 0.3) is 5.91 Å². The Morgan fingerprint density at radius 3 is 1.27 bits per heavy atom. The number of amides is 1. The van der Waals surface area contributed by atoms with E-state index in [1.807, 2.05) is 41.6 Å². The van der Waals surface area contributed by atoms with Gasteiger partial charge in [0, 0.05) is 12.1 Å². The average Bonchev–Trinajstić information content (AvgIpc) is 2.09. The maximum atomic E-state index is 9.33. The Morgan fingerprint density at radius 1 is 1.00 bits per heavy atom. The van der Waals surface area contributed by atoms with Crippen molar-refractivity contribution in [3.63, 3.8) is 0 Å². The molecule has 0 radical (unpaired) electrons. The van der Waals surface area contributed by atoms with E-state index in [2.05, 4.69) is 0 Å². The van der Waals surface area contributed by atoms with Crippen LogP contribution in [-0.2, 0) is 4.79 Å². The van der Waals surface area contributed by atoms with Crippen molar-refractivity contribution in [1.29, 1.82) is 0 Å². The molecular weight excluding hydrogens is 142 g/mol. The molecule has 0 spiro atoms. The Kier molecular flexibility index (Phi) is 5.70. The van der Waals surface area contributed by atoms with Gasteiger partial charge < -0.3 is 0 Å². The number of carbonyl (C=O) groups excluding carboxylic acids is 1. The first-order valence-corrected chi connectivity index (χ1v) is 3.11. The number of nitroso groups, excluding NO2 is 1. The van der Waals surface area contributed by atoms with Gasteiger partial charge >= 0.3 is 0 Å². The molecule has 1 aromatic rings. The van der Waals surface area contributed by atoms with Crippen LogP contribution in [0.3, 0.4) is 0 Å². The van der Waals surface area contributed by atoms with Crippen molar-refractivity contribution in [2.45, 2.75) is 6.92 Å². The lowest BCUT2D eigenvalue weighted by molar-refractivity contribution is -0.115. The molecule has 0 fully saturated rings. The molecular formula is C8H9NO2. The van der Waals surface area contributed by atoms with Gasteiger partial charge in [-0.25, -0.2) is 0 Å². The van der Waals surface area contributed by atoms with E-state index in [0.29, 0.717) is 0 Å². The Morgan fingerprint density at radius 2 is 1.18 bits per heavy atom. The summed E-state index contributed by atoms with van der Waals surface area (Å²) >= 11 is 0. The molecule has 58 valence electrons. The second-order valence-electron chi connectivity index (χ2n) is 1.77. The van der Waals surface area contributed by atoms with E-state index in [0.717, 1.165) is 6.92 Å². The predicted molar refractivity (Wildman–Crippen MR) is 42.9 cm³/mol. The molecule has 0 aliphatic carbocycles. The maximum absolute atomic E-state index is 9.33. The van der Waals surface area contributed by atoms with Crippen LogP contribution in [0.4, 0.5) is 0 Å². The van der Waals surface area contributed by atoms with Crippen LogP contribution in [0.25, 0.3) is 0 Å². The first kappa shape index (κ1) is 9.49. The van der Waals surface area contributed by atoms with Gasteiger partial charge in [-0.1, -0.05) is 36.4 Å². The van der Waals surface area contributed by atoms with Gasteiger partial charge in [-0.2, -0.15) is 0 Å². The first-order valence-electron chi connectivity index (χ1n) is 3.11. The van der Waals surface area contributed by atoms with E-state index in [9.17, 15) is 4.79 Å². The molecule has 0 aliphatic rings. The molecule has 0 unspecified atom stereocenters. The fourth-order valence-electron chi connectivity index (χ4n) is 0.385. The maximum Gasteiger partial charge on any atom is 0.283 e. The van der Waals surface area contributed by atoms with Gasteiger partial charge in [0.15, 0.2) is 0 Å². The summed E-state index contributed by atoms with van der Waals surface area (Å²) in [5, 5.41) is 2.00. The van der Waals surface area contributed by atoms with Crippen LogP contribution in [0, 0.1) is 4.91 Å². The largest absolute Gasteiger partial charge is 0.283 e. The lowest BCUT2D eigenvalue weighted by atomic mass is 10.4. The minimum absolute atomic E-state index is 0.676. The summed E-state index contributed by atoms with van der Waals surface area (Å²) < 4.78 is 0. The molecule has 11 heavy (non-hydrogen) atoms. The molecule has 3 nitrogen and oxygen atoms in total. The molecule has 0 bridgehead atoms. The summed E-state index contributed by atoms with van der Waals surface area (Å²) in [7, 11) is 0. The second kappa shape index (κ2) is 6.61.